The molecule has 0 unspecified atom stereocenters. The third kappa shape index (κ3) is 4.66. The minimum absolute atomic E-state index is 0.258. The molecule has 0 atom stereocenters. The molecule has 1 aromatic heterocycles. The molecule has 1 heterocycles. The highest BCUT2D eigenvalue weighted by Crippen LogP contribution is 2.38. The Kier molecular flexibility index (Phi) is 6.04. The van der Waals surface area contributed by atoms with Crippen LogP contribution in [0.15, 0.2) is 60.7 Å². The molecule has 0 saturated carbocycles. The van der Waals surface area contributed by atoms with E-state index in [2.05, 4.69) is 4.57 Å². The van der Waals surface area contributed by atoms with Gasteiger partial charge in [0, 0.05) is 22.5 Å². The number of nitrogens with two attached hydrogens (primary N) is 1. The lowest BCUT2D eigenvalue weighted by Gasteiger charge is -2.19. The number of hydrogen-bond donors (Lipinski definition) is 1. The molecule has 1 amide bonds. The van der Waals surface area contributed by atoms with Crippen LogP contribution >= 0.6 is 11.6 Å². The molecule has 4 rings (SSSR count). The number of halogens is 1. The summed E-state index contributed by atoms with van der Waals surface area (Å²) in [6, 6.07) is 18.6. The number of carbonyl (C=O) groups is 2. The molecule has 0 aliphatic heterocycles. The predicted octanol–water partition coefficient (Wildman–Crippen LogP) is 5.32. The van der Waals surface area contributed by atoms with Crippen LogP contribution in [0, 0.1) is 0 Å². The van der Waals surface area contributed by atoms with Crippen LogP contribution in [-0.2, 0) is 16.1 Å². The summed E-state index contributed by atoms with van der Waals surface area (Å²) in [5.41, 5.74) is 8.06. The van der Waals surface area contributed by atoms with E-state index in [4.69, 9.17) is 26.8 Å². The molecule has 0 aliphatic rings. The maximum atomic E-state index is 12.3. The minimum Gasteiger partial charge on any atom is -0.481 e. The number of carbonyl (C=O) groups excluding carboxylic acids is 2. The van der Waals surface area contributed by atoms with Crippen molar-refractivity contribution >= 4 is 45.3 Å². The number of hydrogen-bond acceptors (Lipinski definition) is 4. The number of nitrogens with zero attached hydrogens (tertiary/aromatic N) is 1. The van der Waals surface area contributed by atoms with Crippen molar-refractivity contribution in [3.63, 3.8) is 0 Å². The average Bonchev–Trinajstić information content (AvgIpc) is 3.07. The lowest BCUT2D eigenvalue weighted by atomic mass is 10.1. The maximum Gasteiger partial charge on any atom is 0.344 e. The summed E-state index contributed by atoms with van der Waals surface area (Å²) in [6.07, 6.45) is 0. The van der Waals surface area contributed by atoms with E-state index in [0.29, 0.717) is 33.7 Å². The highest BCUT2D eigenvalue weighted by atomic mass is 35.5. The lowest BCUT2D eigenvalue weighted by molar-refractivity contribution is -0.157. The Labute approximate surface area is 196 Å². The summed E-state index contributed by atoms with van der Waals surface area (Å²) < 4.78 is 13.3. The van der Waals surface area contributed by atoms with Crippen molar-refractivity contribution in [1.29, 1.82) is 0 Å². The van der Waals surface area contributed by atoms with Gasteiger partial charge in [0.05, 0.1) is 16.4 Å². The minimum atomic E-state index is -0.615. The van der Waals surface area contributed by atoms with Crippen molar-refractivity contribution in [3.8, 4) is 5.75 Å². The van der Waals surface area contributed by atoms with Crippen molar-refractivity contribution in [2.75, 3.05) is 6.61 Å². The van der Waals surface area contributed by atoms with E-state index in [1.54, 1.807) is 39.0 Å². The Bertz CT molecular complexity index is 1370. The Hall–Kier alpha value is -3.51. The number of aromatic nitrogens is 1. The summed E-state index contributed by atoms with van der Waals surface area (Å²) in [4.78, 5) is 24.5. The molecule has 4 aromatic rings. The van der Waals surface area contributed by atoms with Gasteiger partial charge in [0.1, 0.15) is 11.4 Å². The van der Waals surface area contributed by atoms with Crippen molar-refractivity contribution in [2.45, 2.75) is 32.9 Å². The molecule has 6 nitrogen and oxygen atoms in total. The number of rotatable bonds is 6. The first-order valence-electron chi connectivity index (χ1n) is 10.6. The third-order valence-electron chi connectivity index (χ3n) is 5.20. The first-order chi connectivity index (χ1) is 15.7. The van der Waals surface area contributed by atoms with Crippen LogP contribution in [0.2, 0.25) is 5.02 Å². The summed E-state index contributed by atoms with van der Waals surface area (Å²) in [6.45, 7) is 5.62. The predicted molar refractivity (Wildman–Crippen MR) is 130 cm³/mol. The first kappa shape index (κ1) is 22.7. The van der Waals surface area contributed by atoms with E-state index < -0.39 is 17.5 Å². The van der Waals surface area contributed by atoms with Gasteiger partial charge in [-0.1, -0.05) is 41.9 Å². The second kappa shape index (κ2) is 8.79. The SMILES string of the molecule is CC(C)(C)OC(=O)COc1cccc2c1c1c(C(N)=O)cccc1n2Cc1ccccc1Cl. The van der Waals surface area contributed by atoms with Gasteiger partial charge >= 0.3 is 5.97 Å². The van der Waals surface area contributed by atoms with Crippen molar-refractivity contribution in [3.05, 3.63) is 76.8 Å². The zero-order valence-electron chi connectivity index (χ0n) is 18.7. The van der Waals surface area contributed by atoms with Crippen LogP contribution in [0.3, 0.4) is 0 Å². The van der Waals surface area contributed by atoms with Gasteiger partial charge in [-0.3, -0.25) is 4.79 Å². The fourth-order valence-electron chi connectivity index (χ4n) is 3.95. The molecule has 0 saturated heterocycles. The number of benzene rings is 3. The Morgan fingerprint density at radius 1 is 0.939 bits per heavy atom. The normalized spacial score (nSPS) is 11.6. The molecule has 170 valence electrons. The molecule has 7 heteroatoms. The number of ether oxygens (including phenoxy) is 2. The summed E-state index contributed by atoms with van der Waals surface area (Å²) >= 11 is 6.43. The largest absolute Gasteiger partial charge is 0.481 e. The quantitative estimate of drug-likeness (QED) is 0.391. The fourth-order valence-corrected chi connectivity index (χ4v) is 4.15. The first-order valence-corrected chi connectivity index (χ1v) is 11.0. The van der Waals surface area contributed by atoms with Crippen LogP contribution in [0.5, 0.6) is 5.75 Å². The van der Waals surface area contributed by atoms with Crippen molar-refractivity contribution in [2.24, 2.45) is 5.73 Å². The molecule has 33 heavy (non-hydrogen) atoms. The zero-order chi connectivity index (χ0) is 23.8. The smallest absolute Gasteiger partial charge is 0.344 e. The van der Waals surface area contributed by atoms with Crippen LogP contribution in [-0.4, -0.2) is 28.7 Å². The number of amides is 1. The molecule has 0 fully saturated rings. The second-order valence-corrected chi connectivity index (χ2v) is 9.17. The van der Waals surface area contributed by atoms with Crippen molar-refractivity contribution in [1.82, 2.24) is 4.57 Å². The number of fused-ring (bicyclic) bond motifs is 3. The van der Waals surface area contributed by atoms with Gasteiger partial charge in [-0.05, 0) is 56.7 Å². The third-order valence-corrected chi connectivity index (χ3v) is 5.56. The van der Waals surface area contributed by atoms with Gasteiger partial charge in [0.15, 0.2) is 6.61 Å². The Morgan fingerprint density at radius 3 is 2.27 bits per heavy atom. The van der Waals surface area contributed by atoms with Gasteiger partial charge in [-0.2, -0.15) is 0 Å². The average molecular weight is 465 g/mol. The highest BCUT2D eigenvalue weighted by molar-refractivity contribution is 6.31. The molecule has 0 spiro atoms. The maximum absolute atomic E-state index is 12.3. The lowest BCUT2D eigenvalue weighted by Crippen LogP contribution is -2.27. The molecule has 0 aliphatic carbocycles. The summed E-state index contributed by atoms with van der Waals surface area (Å²) in [5, 5.41) is 2.03. The Balaban J connectivity index is 1.88. The van der Waals surface area contributed by atoms with Crippen LogP contribution in [0.1, 0.15) is 36.7 Å². The summed E-state index contributed by atoms with van der Waals surface area (Å²) in [5.74, 6) is -0.552. The van der Waals surface area contributed by atoms with E-state index in [1.165, 1.54) is 0 Å². The van der Waals surface area contributed by atoms with Gasteiger partial charge < -0.3 is 19.8 Å². The number of primary amides is 1. The molecule has 2 N–H and O–H groups in total. The van der Waals surface area contributed by atoms with E-state index in [-0.39, 0.29) is 6.61 Å². The monoisotopic (exact) mass is 464 g/mol. The molecular weight excluding hydrogens is 440 g/mol. The molecular formula is C26H25ClN2O4. The highest BCUT2D eigenvalue weighted by Gasteiger charge is 2.21. The Morgan fingerprint density at radius 2 is 1.61 bits per heavy atom. The van der Waals surface area contributed by atoms with Crippen LogP contribution in [0.25, 0.3) is 21.8 Å². The topological polar surface area (TPSA) is 83.6 Å². The number of esters is 1. The van der Waals surface area contributed by atoms with Gasteiger partial charge in [0.25, 0.3) is 0 Å². The molecule has 0 bridgehead atoms. The van der Waals surface area contributed by atoms with E-state index in [0.717, 1.165) is 16.6 Å². The van der Waals surface area contributed by atoms with Crippen molar-refractivity contribution < 1.29 is 19.1 Å². The van der Waals surface area contributed by atoms with E-state index in [9.17, 15) is 9.59 Å². The molecule has 3 aromatic carbocycles. The van der Waals surface area contributed by atoms with Crippen LogP contribution < -0.4 is 10.5 Å². The van der Waals surface area contributed by atoms with Gasteiger partial charge in [-0.15, -0.1) is 0 Å². The van der Waals surface area contributed by atoms with Crippen LogP contribution in [0.4, 0.5) is 0 Å². The van der Waals surface area contributed by atoms with Gasteiger partial charge in [0.2, 0.25) is 5.91 Å². The van der Waals surface area contributed by atoms with E-state index in [1.807, 2.05) is 42.5 Å². The zero-order valence-corrected chi connectivity index (χ0v) is 19.5. The molecule has 0 radical (unpaired) electrons. The second-order valence-electron chi connectivity index (χ2n) is 8.77. The van der Waals surface area contributed by atoms with E-state index >= 15 is 0 Å². The fraction of sp³-hybridized carbons (Fsp3) is 0.231. The standard InChI is InChI=1S/C26H25ClN2O4/c1-26(2,3)33-22(30)15-32-21-13-7-12-20-24(21)23-17(25(28)31)9-6-11-19(23)29(20)14-16-8-4-5-10-18(16)27/h4-13H,14-15H2,1-3H3,(H2,28,31). The van der Waals surface area contributed by atoms with Gasteiger partial charge in [-0.25, -0.2) is 4.79 Å². The summed E-state index contributed by atoms with van der Waals surface area (Å²) in [7, 11) is 0.